The summed E-state index contributed by atoms with van der Waals surface area (Å²) in [6, 6.07) is 0. The van der Waals surface area contributed by atoms with E-state index in [4.69, 9.17) is 0 Å². The topological polar surface area (TPSA) is 65.5 Å². The molecule has 0 amide bonds. The molecule has 0 aromatic carbocycles. The molecule has 0 unspecified atom stereocenters. The monoisotopic (exact) mass is 362 g/mol. The molecule has 0 aromatic heterocycles. The van der Waals surface area contributed by atoms with Gasteiger partial charge in [-0.1, -0.05) is 60.9 Å². The molecule has 0 bridgehead atoms. The molecule has 5 nitrogen and oxygen atoms in total. The second-order valence-corrected chi connectivity index (χ2v) is 4.63. The van der Waals surface area contributed by atoms with Crippen LogP contribution in [-0.2, 0) is 4.79 Å². The first-order chi connectivity index (χ1) is 12.5. The van der Waals surface area contributed by atoms with Crippen molar-refractivity contribution in [1.82, 2.24) is 16.0 Å². The van der Waals surface area contributed by atoms with E-state index in [0.717, 1.165) is 42.1 Å². The molecular weight excluding hydrogens is 324 g/mol. The van der Waals surface area contributed by atoms with Gasteiger partial charge in [0.05, 0.1) is 17.7 Å². The Morgan fingerprint density at radius 3 is 2.27 bits per heavy atom. The highest BCUT2D eigenvalue weighted by Gasteiger charge is 2.10. The van der Waals surface area contributed by atoms with Crippen LogP contribution in [0.5, 0.6) is 0 Å². The van der Waals surface area contributed by atoms with Crippen LogP contribution in [0.1, 0.15) is 48.0 Å². The first kappa shape index (κ1) is 28.4. The second kappa shape index (κ2) is 20.6. The van der Waals surface area contributed by atoms with Gasteiger partial charge in [0.2, 0.25) is 0 Å². The van der Waals surface area contributed by atoms with Gasteiger partial charge in [-0.3, -0.25) is 4.79 Å². The number of rotatable bonds is 8. The summed E-state index contributed by atoms with van der Waals surface area (Å²) in [5, 5.41) is 8.78. The number of nitrogens with zero attached hydrogens (tertiary/aromatic N) is 1. The van der Waals surface area contributed by atoms with E-state index in [2.05, 4.69) is 54.2 Å². The van der Waals surface area contributed by atoms with Crippen LogP contribution in [0, 0.1) is 0 Å². The van der Waals surface area contributed by atoms with Crippen LogP contribution in [-0.4, -0.2) is 25.7 Å². The molecule has 0 spiro atoms. The molecule has 26 heavy (non-hydrogen) atoms. The van der Waals surface area contributed by atoms with Gasteiger partial charge in [-0.15, -0.1) is 0 Å². The first-order valence-corrected chi connectivity index (χ1v) is 9.07. The average molecular weight is 363 g/mol. The van der Waals surface area contributed by atoms with Gasteiger partial charge in [0.15, 0.2) is 6.29 Å². The predicted octanol–water partition coefficient (Wildman–Crippen LogP) is 4.45. The average Bonchev–Trinajstić information content (AvgIpc) is 2.68. The van der Waals surface area contributed by atoms with Crippen molar-refractivity contribution in [3.8, 4) is 0 Å². The molecule has 0 aliphatic carbocycles. The van der Waals surface area contributed by atoms with Crippen LogP contribution >= 0.6 is 0 Å². The van der Waals surface area contributed by atoms with E-state index in [1.165, 1.54) is 6.20 Å². The van der Waals surface area contributed by atoms with Gasteiger partial charge in [0.25, 0.3) is 0 Å². The van der Waals surface area contributed by atoms with E-state index in [0.29, 0.717) is 12.0 Å². The van der Waals surface area contributed by atoms with E-state index in [9.17, 15) is 4.79 Å². The summed E-state index contributed by atoms with van der Waals surface area (Å²) < 4.78 is 0. The number of carbonyl (C=O) groups excluding carboxylic acids is 1. The Morgan fingerprint density at radius 2 is 1.85 bits per heavy atom. The molecule has 1 aliphatic rings. The van der Waals surface area contributed by atoms with Gasteiger partial charge in [-0.25, -0.2) is 4.99 Å². The van der Waals surface area contributed by atoms with E-state index < -0.39 is 0 Å². The summed E-state index contributed by atoms with van der Waals surface area (Å²) in [5.74, 6) is 0. The summed E-state index contributed by atoms with van der Waals surface area (Å²) >= 11 is 0. The fourth-order valence-electron chi connectivity index (χ4n) is 1.54. The van der Waals surface area contributed by atoms with Crippen molar-refractivity contribution < 1.29 is 4.79 Å². The number of hydrogen-bond donors (Lipinski definition) is 3. The van der Waals surface area contributed by atoms with Crippen LogP contribution in [0.2, 0.25) is 0 Å². The maximum Gasteiger partial charge on any atom is 0.165 e. The number of carbonyl (C=O) groups is 1. The van der Waals surface area contributed by atoms with Crippen molar-refractivity contribution in [1.29, 1.82) is 0 Å². The molecule has 5 heteroatoms. The molecule has 148 valence electrons. The van der Waals surface area contributed by atoms with E-state index in [1.807, 2.05) is 34.6 Å². The lowest BCUT2D eigenvalue weighted by atomic mass is 10.1. The van der Waals surface area contributed by atoms with Crippen LogP contribution in [0.4, 0.5) is 0 Å². The quantitative estimate of drug-likeness (QED) is 0.339. The van der Waals surface area contributed by atoms with Gasteiger partial charge in [0, 0.05) is 12.2 Å². The minimum atomic E-state index is 0.329. The summed E-state index contributed by atoms with van der Waals surface area (Å²) in [5.41, 5.74) is 4.26. The number of nitrogens with one attached hydrogen (secondary N) is 3. The Labute approximate surface area is 160 Å². The smallest absolute Gasteiger partial charge is 0.165 e. The zero-order valence-electron chi connectivity index (χ0n) is 17.5. The molecule has 0 aromatic rings. The molecule has 0 radical (unpaired) electrons. The van der Waals surface area contributed by atoms with Gasteiger partial charge in [-0.2, -0.15) is 0 Å². The van der Waals surface area contributed by atoms with E-state index in [1.54, 1.807) is 6.34 Å². The van der Waals surface area contributed by atoms with Gasteiger partial charge in [0.1, 0.15) is 0 Å². The highest BCUT2D eigenvalue weighted by Crippen LogP contribution is 2.20. The van der Waals surface area contributed by atoms with Crippen molar-refractivity contribution in [2.45, 2.75) is 48.0 Å². The Kier molecular flexibility index (Phi) is 22.6. The molecule has 0 saturated carbocycles. The number of allylic oxidation sites excluding steroid dienone is 2. The summed E-state index contributed by atoms with van der Waals surface area (Å²) in [4.78, 5) is 14.0. The third-order valence-electron chi connectivity index (χ3n) is 2.77. The number of hydrogen-bond acceptors (Lipinski definition) is 5. The number of aldehydes is 1. The van der Waals surface area contributed by atoms with Gasteiger partial charge >= 0.3 is 0 Å². The van der Waals surface area contributed by atoms with Crippen molar-refractivity contribution >= 4 is 12.6 Å². The SMILES string of the molecule is C=C(CNCCC)C1=C(C)C(=C)NC=N1.C=CNC(=C)C=O.CC.CC. The van der Waals surface area contributed by atoms with E-state index >= 15 is 0 Å². The zero-order chi connectivity index (χ0) is 21.0. The summed E-state index contributed by atoms with van der Waals surface area (Å²) in [6.45, 7) is 28.5. The standard InChI is InChI=1S/C12H19N3.C5H7NO.2C2H6/c1-5-6-13-7-9(2)12-10(3)11(4)14-8-15-12;1-3-6-5(2)4-7;2*1-2/h8,13H,2,4-7H2,1,3H3,(H,14,15);3-4,6H,1-2H2;2*1-2H3. The number of aliphatic imine (C=N–C) groups is 1. The molecular formula is C21H38N4O. The highest BCUT2D eigenvalue weighted by molar-refractivity contribution is 5.71. The Bertz CT molecular complexity index is 502. The summed E-state index contributed by atoms with van der Waals surface area (Å²) in [6.07, 6.45) is 4.82. The Balaban J connectivity index is -0.000000405. The second-order valence-electron chi connectivity index (χ2n) is 4.63. The minimum Gasteiger partial charge on any atom is -0.360 e. The maximum atomic E-state index is 9.68. The van der Waals surface area contributed by atoms with Crippen LogP contribution < -0.4 is 16.0 Å². The Morgan fingerprint density at radius 1 is 1.27 bits per heavy atom. The molecule has 0 fully saturated rings. The van der Waals surface area contributed by atoms with Crippen molar-refractivity contribution in [3.63, 3.8) is 0 Å². The fourth-order valence-corrected chi connectivity index (χ4v) is 1.54. The maximum absolute atomic E-state index is 9.68. The van der Waals surface area contributed by atoms with Crippen molar-refractivity contribution in [2.75, 3.05) is 13.1 Å². The van der Waals surface area contributed by atoms with Crippen LogP contribution in [0.25, 0.3) is 0 Å². The molecule has 3 N–H and O–H groups in total. The molecule has 0 saturated heterocycles. The fraction of sp³-hybridized carbons (Fsp3) is 0.429. The Hall–Kier alpha value is -2.40. The third-order valence-corrected chi connectivity index (χ3v) is 2.77. The largest absolute Gasteiger partial charge is 0.360 e. The molecule has 1 rings (SSSR count). The van der Waals surface area contributed by atoms with Crippen molar-refractivity contribution in [3.05, 3.63) is 60.8 Å². The third kappa shape index (κ3) is 14.0. The molecule has 1 aliphatic heterocycles. The van der Waals surface area contributed by atoms with Crippen LogP contribution in [0.3, 0.4) is 0 Å². The van der Waals surface area contributed by atoms with E-state index in [-0.39, 0.29) is 0 Å². The normalized spacial score (nSPS) is 11.2. The van der Waals surface area contributed by atoms with Crippen molar-refractivity contribution in [2.24, 2.45) is 4.99 Å². The van der Waals surface area contributed by atoms with Gasteiger partial charge < -0.3 is 16.0 Å². The lowest BCUT2D eigenvalue weighted by Crippen LogP contribution is -2.21. The van der Waals surface area contributed by atoms with Crippen LogP contribution in [0.15, 0.2) is 65.7 Å². The molecule has 1 heterocycles. The lowest BCUT2D eigenvalue weighted by molar-refractivity contribution is -0.105. The minimum absolute atomic E-state index is 0.329. The molecule has 0 atom stereocenters. The lowest BCUT2D eigenvalue weighted by Gasteiger charge is -2.17. The zero-order valence-corrected chi connectivity index (χ0v) is 17.5. The summed E-state index contributed by atoms with van der Waals surface area (Å²) in [7, 11) is 0. The first-order valence-electron chi connectivity index (χ1n) is 9.07. The highest BCUT2D eigenvalue weighted by atomic mass is 16.1. The van der Waals surface area contributed by atoms with Gasteiger partial charge in [-0.05, 0) is 37.2 Å². The predicted molar refractivity (Wildman–Crippen MR) is 117 cm³/mol.